The van der Waals surface area contributed by atoms with Crippen molar-refractivity contribution in [3.8, 4) is 0 Å². The van der Waals surface area contributed by atoms with Gasteiger partial charge in [-0.05, 0) is 30.5 Å². The lowest BCUT2D eigenvalue weighted by atomic mass is 10.1. The Morgan fingerprint density at radius 3 is 3.08 bits per heavy atom. The molecular formula is C18H22N4O2. The first-order valence-electron chi connectivity index (χ1n) is 8.44. The maximum absolute atomic E-state index is 12.5. The van der Waals surface area contributed by atoms with Crippen LogP contribution in [0.5, 0.6) is 0 Å². The van der Waals surface area contributed by atoms with Crippen LogP contribution in [0.4, 0.5) is 5.69 Å². The minimum Gasteiger partial charge on any atom is -0.370 e. The Balaban J connectivity index is 1.40. The highest BCUT2D eigenvalue weighted by Gasteiger charge is 2.33. The van der Waals surface area contributed by atoms with Crippen LogP contribution in [0.3, 0.4) is 0 Å². The summed E-state index contributed by atoms with van der Waals surface area (Å²) in [6, 6.07) is 10.3. The molecule has 1 amide bonds. The lowest BCUT2D eigenvalue weighted by Gasteiger charge is -2.23. The molecule has 2 aliphatic rings. The Kier molecular flexibility index (Phi) is 3.98. The molecule has 1 saturated heterocycles. The third-order valence-corrected chi connectivity index (χ3v) is 4.91. The fraction of sp³-hybridized carbons (Fsp3) is 0.444. The van der Waals surface area contributed by atoms with Crippen LogP contribution in [0.15, 0.2) is 36.5 Å². The van der Waals surface area contributed by atoms with Gasteiger partial charge in [0.2, 0.25) is 5.91 Å². The van der Waals surface area contributed by atoms with Gasteiger partial charge in [0, 0.05) is 32.1 Å². The molecule has 0 spiro atoms. The summed E-state index contributed by atoms with van der Waals surface area (Å²) < 4.78 is 7.64. The second kappa shape index (κ2) is 6.28. The van der Waals surface area contributed by atoms with E-state index in [1.165, 1.54) is 11.3 Å². The van der Waals surface area contributed by atoms with Crippen LogP contribution in [0.2, 0.25) is 0 Å². The summed E-state index contributed by atoms with van der Waals surface area (Å²) >= 11 is 0. The van der Waals surface area contributed by atoms with Crippen molar-refractivity contribution >= 4 is 11.6 Å². The number of carbonyl (C=O) groups excluding carboxylic acids is 1. The first kappa shape index (κ1) is 15.2. The highest BCUT2D eigenvalue weighted by Crippen LogP contribution is 2.29. The quantitative estimate of drug-likeness (QED) is 0.923. The summed E-state index contributed by atoms with van der Waals surface area (Å²) in [7, 11) is 1.90. The number of benzene rings is 1. The van der Waals surface area contributed by atoms with Gasteiger partial charge in [0.05, 0.1) is 18.3 Å². The summed E-state index contributed by atoms with van der Waals surface area (Å²) in [5.41, 5.74) is 3.50. The van der Waals surface area contributed by atoms with Crippen molar-refractivity contribution in [2.75, 3.05) is 24.6 Å². The number of para-hydroxylation sites is 1. The molecule has 1 fully saturated rings. The van der Waals surface area contributed by atoms with Crippen molar-refractivity contribution < 1.29 is 9.53 Å². The van der Waals surface area contributed by atoms with Gasteiger partial charge in [-0.15, -0.1) is 0 Å². The zero-order chi connectivity index (χ0) is 16.5. The van der Waals surface area contributed by atoms with Crippen molar-refractivity contribution in [3.63, 3.8) is 0 Å². The summed E-state index contributed by atoms with van der Waals surface area (Å²) in [5, 5.41) is 7.35. The van der Waals surface area contributed by atoms with E-state index in [-0.39, 0.29) is 18.1 Å². The number of carbonyl (C=O) groups is 1. The van der Waals surface area contributed by atoms with E-state index in [1.54, 1.807) is 6.20 Å². The number of nitrogens with zero attached hydrogens (tertiary/aromatic N) is 3. The normalized spacial score (nSPS) is 22.6. The zero-order valence-electron chi connectivity index (χ0n) is 13.8. The summed E-state index contributed by atoms with van der Waals surface area (Å²) in [4.78, 5) is 14.7. The number of nitrogens with one attached hydrogen (secondary N) is 1. The lowest BCUT2D eigenvalue weighted by molar-refractivity contribution is -0.120. The third kappa shape index (κ3) is 2.78. The van der Waals surface area contributed by atoms with E-state index in [4.69, 9.17) is 4.74 Å². The van der Waals surface area contributed by atoms with Crippen LogP contribution in [-0.2, 0) is 23.0 Å². The predicted molar refractivity (Wildman–Crippen MR) is 90.8 cm³/mol. The van der Waals surface area contributed by atoms with Crippen LogP contribution in [-0.4, -0.2) is 41.4 Å². The number of anilines is 1. The van der Waals surface area contributed by atoms with E-state index in [0.717, 1.165) is 25.1 Å². The standard InChI is InChI=1S/C18H22N4O2/c1-21-16(6-9-19-21)18-14(8-11-24-18)20-17(23)12-22-10-7-13-4-2-3-5-15(13)22/h2-6,9,14,18H,7-8,10-12H2,1H3,(H,20,23)/t14-,18-/m0/s1. The number of aryl methyl sites for hydroxylation is 1. The second-order valence-corrected chi connectivity index (χ2v) is 6.43. The number of fused-ring (bicyclic) bond motifs is 1. The molecule has 1 N–H and O–H groups in total. The average Bonchev–Trinajstić information content (AvgIpc) is 3.28. The number of amides is 1. The molecule has 2 atom stereocenters. The molecule has 4 rings (SSSR count). The first-order valence-corrected chi connectivity index (χ1v) is 8.44. The van der Waals surface area contributed by atoms with Gasteiger partial charge in [-0.3, -0.25) is 9.48 Å². The van der Waals surface area contributed by atoms with Gasteiger partial charge in [-0.2, -0.15) is 5.10 Å². The van der Waals surface area contributed by atoms with Crippen LogP contribution in [0, 0.1) is 0 Å². The molecule has 0 aliphatic carbocycles. The molecule has 0 radical (unpaired) electrons. The molecule has 0 saturated carbocycles. The van der Waals surface area contributed by atoms with E-state index in [1.807, 2.05) is 23.9 Å². The van der Waals surface area contributed by atoms with Gasteiger partial charge < -0.3 is 15.0 Å². The van der Waals surface area contributed by atoms with E-state index in [0.29, 0.717) is 13.2 Å². The second-order valence-electron chi connectivity index (χ2n) is 6.43. The predicted octanol–water partition coefficient (Wildman–Crippen LogP) is 1.43. The van der Waals surface area contributed by atoms with Crippen LogP contribution in [0.25, 0.3) is 0 Å². The van der Waals surface area contributed by atoms with Crippen LogP contribution >= 0.6 is 0 Å². The Morgan fingerprint density at radius 2 is 2.25 bits per heavy atom. The minimum atomic E-state index is -0.118. The van der Waals surface area contributed by atoms with E-state index in [9.17, 15) is 4.79 Å². The summed E-state index contributed by atoms with van der Waals surface area (Å²) in [5.74, 6) is 0.0503. The Morgan fingerprint density at radius 1 is 1.38 bits per heavy atom. The third-order valence-electron chi connectivity index (χ3n) is 4.91. The van der Waals surface area contributed by atoms with Crippen LogP contribution in [0.1, 0.15) is 23.8 Å². The molecular weight excluding hydrogens is 304 g/mol. The maximum Gasteiger partial charge on any atom is 0.239 e. The van der Waals surface area contributed by atoms with Gasteiger partial charge in [0.1, 0.15) is 6.10 Å². The van der Waals surface area contributed by atoms with Crippen molar-refractivity contribution in [1.29, 1.82) is 0 Å². The van der Waals surface area contributed by atoms with Gasteiger partial charge >= 0.3 is 0 Å². The van der Waals surface area contributed by atoms with Gasteiger partial charge in [-0.25, -0.2) is 0 Å². The SMILES string of the molecule is Cn1nccc1[C@H]1OCC[C@@H]1NC(=O)CN1CCc2ccccc21. The molecule has 2 aliphatic heterocycles. The van der Waals surface area contributed by atoms with Crippen molar-refractivity contribution in [2.24, 2.45) is 7.05 Å². The van der Waals surface area contributed by atoms with Crippen molar-refractivity contribution in [3.05, 3.63) is 47.8 Å². The van der Waals surface area contributed by atoms with E-state index >= 15 is 0 Å². The van der Waals surface area contributed by atoms with E-state index in [2.05, 4.69) is 33.5 Å². The summed E-state index contributed by atoms with van der Waals surface area (Å²) in [6.45, 7) is 1.96. The van der Waals surface area contributed by atoms with Gasteiger partial charge in [0.15, 0.2) is 0 Å². The lowest BCUT2D eigenvalue weighted by Crippen LogP contribution is -2.43. The first-order chi connectivity index (χ1) is 11.7. The van der Waals surface area contributed by atoms with Crippen LogP contribution < -0.4 is 10.2 Å². The number of hydrogen-bond donors (Lipinski definition) is 1. The molecule has 126 valence electrons. The molecule has 24 heavy (non-hydrogen) atoms. The summed E-state index contributed by atoms with van der Waals surface area (Å²) in [6.07, 6.45) is 3.48. The van der Waals surface area contributed by atoms with Gasteiger partial charge in [0.25, 0.3) is 0 Å². The smallest absolute Gasteiger partial charge is 0.239 e. The fourth-order valence-corrected chi connectivity index (χ4v) is 3.69. The fourth-order valence-electron chi connectivity index (χ4n) is 3.69. The Hall–Kier alpha value is -2.34. The largest absolute Gasteiger partial charge is 0.370 e. The highest BCUT2D eigenvalue weighted by atomic mass is 16.5. The average molecular weight is 326 g/mol. The molecule has 3 heterocycles. The zero-order valence-corrected chi connectivity index (χ0v) is 13.8. The van der Waals surface area contributed by atoms with Gasteiger partial charge in [-0.1, -0.05) is 18.2 Å². The minimum absolute atomic E-state index is 0.00532. The monoisotopic (exact) mass is 326 g/mol. The molecule has 0 bridgehead atoms. The molecule has 2 aromatic rings. The maximum atomic E-state index is 12.5. The Labute approximate surface area is 141 Å². The number of aromatic nitrogens is 2. The highest BCUT2D eigenvalue weighted by molar-refractivity contribution is 5.82. The Bertz CT molecular complexity index is 742. The van der Waals surface area contributed by atoms with Crippen molar-refractivity contribution in [2.45, 2.75) is 25.0 Å². The molecule has 6 heteroatoms. The topological polar surface area (TPSA) is 59.4 Å². The molecule has 0 unspecified atom stereocenters. The van der Waals surface area contributed by atoms with Crippen molar-refractivity contribution in [1.82, 2.24) is 15.1 Å². The number of rotatable bonds is 4. The van der Waals surface area contributed by atoms with E-state index < -0.39 is 0 Å². The molecule has 1 aromatic carbocycles. The number of ether oxygens (including phenoxy) is 1. The number of hydrogen-bond acceptors (Lipinski definition) is 4. The molecule has 6 nitrogen and oxygen atoms in total. The molecule has 1 aromatic heterocycles.